The number of hydrogen-bond acceptors (Lipinski definition) is 4. The van der Waals surface area contributed by atoms with Crippen LogP contribution in [0.15, 0.2) is 35.5 Å². The first-order valence-corrected chi connectivity index (χ1v) is 9.52. The molecule has 3 aliphatic heterocycles. The molecule has 144 valence electrons. The number of nitrogens with one attached hydrogen (secondary N) is 1. The van der Waals surface area contributed by atoms with E-state index in [2.05, 4.69) is 10.2 Å². The van der Waals surface area contributed by atoms with Gasteiger partial charge in [0.15, 0.2) is 0 Å². The van der Waals surface area contributed by atoms with Gasteiger partial charge in [-0.15, -0.1) is 0 Å². The fourth-order valence-corrected chi connectivity index (χ4v) is 4.21. The van der Waals surface area contributed by atoms with Gasteiger partial charge in [0, 0.05) is 25.7 Å². The lowest BCUT2D eigenvalue weighted by Gasteiger charge is -2.31. The molecule has 1 fully saturated rings. The van der Waals surface area contributed by atoms with Crippen molar-refractivity contribution >= 4 is 11.9 Å². The Morgan fingerprint density at radius 1 is 1.15 bits per heavy atom. The molecule has 1 saturated heterocycles. The summed E-state index contributed by atoms with van der Waals surface area (Å²) in [6.45, 7) is 4.28. The maximum absolute atomic E-state index is 13.2. The summed E-state index contributed by atoms with van der Waals surface area (Å²) in [7, 11) is 3.32. The third kappa shape index (κ3) is 3.16. The Kier molecular flexibility index (Phi) is 4.78. The van der Waals surface area contributed by atoms with Crippen LogP contribution in [-0.4, -0.2) is 73.5 Å². The van der Waals surface area contributed by atoms with E-state index in [0.717, 1.165) is 30.9 Å². The zero-order valence-corrected chi connectivity index (χ0v) is 15.9. The number of methoxy groups -OCH3 is 1. The fourth-order valence-electron chi connectivity index (χ4n) is 4.21. The minimum Gasteiger partial charge on any atom is -0.496 e. The molecule has 0 radical (unpaired) electrons. The minimum absolute atomic E-state index is 0.00644. The molecular weight excluding hydrogens is 344 g/mol. The zero-order chi connectivity index (χ0) is 19.0. The number of carbonyl (C=O) groups is 2. The van der Waals surface area contributed by atoms with Crippen molar-refractivity contribution in [2.45, 2.75) is 18.9 Å². The SMILES string of the molecule is COc1ccccc1[C@H]1NC(=O)N(C)C2=C1C(=O)N(CCN1CCCC1)C2. The molecule has 0 spiro atoms. The summed E-state index contributed by atoms with van der Waals surface area (Å²) in [4.78, 5) is 31.5. The Morgan fingerprint density at radius 3 is 2.63 bits per heavy atom. The molecule has 3 heterocycles. The van der Waals surface area contributed by atoms with Crippen LogP contribution < -0.4 is 10.1 Å². The quantitative estimate of drug-likeness (QED) is 0.855. The van der Waals surface area contributed by atoms with Crippen LogP contribution in [0.4, 0.5) is 4.79 Å². The van der Waals surface area contributed by atoms with Gasteiger partial charge < -0.3 is 19.9 Å². The molecule has 7 heteroatoms. The van der Waals surface area contributed by atoms with Crippen LogP contribution in [0.25, 0.3) is 0 Å². The molecular formula is C20H26N4O3. The van der Waals surface area contributed by atoms with Gasteiger partial charge in [-0.2, -0.15) is 0 Å². The van der Waals surface area contributed by atoms with Crippen LogP contribution in [0.1, 0.15) is 24.4 Å². The van der Waals surface area contributed by atoms with Crippen LogP contribution in [0.5, 0.6) is 5.75 Å². The summed E-state index contributed by atoms with van der Waals surface area (Å²) in [6.07, 6.45) is 2.47. The Balaban J connectivity index is 1.60. The molecule has 3 aliphatic rings. The monoisotopic (exact) mass is 370 g/mol. The standard InChI is InChI=1S/C20H26N4O3/c1-22-15-13-24(12-11-23-9-5-6-10-23)19(25)17(15)18(21-20(22)26)14-7-3-4-8-16(14)27-2/h3-4,7-8,18H,5-6,9-13H2,1-2H3,(H,21,26)/t18-/m1/s1. The Bertz CT molecular complexity index is 785. The summed E-state index contributed by atoms with van der Waals surface area (Å²) in [5, 5.41) is 2.97. The van der Waals surface area contributed by atoms with E-state index >= 15 is 0 Å². The second-order valence-electron chi connectivity index (χ2n) is 7.32. The van der Waals surface area contributed by atoms with E-state index in [1.165, 1.54) is 12.8 Å². The molecule has 4 rings (SSSR count). The van der Waals surface area contributed by atoms with Crippen LogP contribution in [-0.2, 0) is 4.79 Å². The van der Waals surface area contributed by atoms with E-state index in [1.807, 2.05) is 29.2 Å². The number of ether oxygens (including phenoxy) is 1. The number of likely N-dealkylation sites (N-methyl/N-ethyl adjacent to an activating group) is 1. The highest BCUT2D eigenvalue weighted by molar-refractivity contribution is 6.01. The fraction of sp³-hybridized carbons (Fsp3) is 0.500. The Hall–Kier alpha value is -2.54. The molecule has 7 nitrogen and oxygen atoms in total. The first-order valence-electron chi connectivity index (χ1n) is 9.52. The average Bonchev–Trinajstić information content (AvgIpc) is 3.31. The van der Waals surface area contributed by atoms with Crippen molar-refractivity contribution < 1.29 is 14.3 Å². The topological polar surface area (TPSA) is 65.1 Å². The van der Waals surface area contributed by atoms with E-state index in [9.17, 15) is 9.59 Å². The van der Waals surface area contributed by atoms with Crippen LogP contribution in [0, 0.1) is 0 Å². The van der Waals surface area contributed by atoms with E-state index in [4.69, 9.17) is 4.74 Å². The third-order valence-electron chi connectivity index (χ3n) is 5.77. The number of para-hydroxylation sites is 1. The second kappa shape index (κ2) is 7.23. The number of rotatable bonds is 5. The summed E-state index contributed by atoms with van der Waals surface area (Å²) in [5.74, 6) is 0.675. The van der Waals surface area contributed by atoms with Crippen molar-refractivity contribution in [2.24, 2.45) is 0 Å². The highest BCUT2D eigenvalue weighted by Gasteiger charge is 2.43. The van der Waals surface area contributed by atoms with Gasteiger partial charge in [0.1, 0.15) is 5.75 Å². The normalized spacial score (nSPS) is 23.1. The lowest BCUT2D eigenvalue weighted by atomic mass is 9.95. The molecule has 1 N–H and O–H groups in total. The molecule has 1 aromatic carbocycles. The number of nitrogens with zero attached hydrogens (tertiary/aromatic N) is 3. The average molecular weight is 370 g/mol. The number of urea groups is 1. The predicted molar refractivity (Wildman–Crippen MR) is 101 cm³/mol. The Labute approximate surface area is 159 Å². The van der Waals surface area contributed by atoms with Gasteiger partial charge in [-0.25, -0.2) is 4.79 Å². The van der Waals surface area contributed by atoms with Gasteiger partial charge >= 0.3 is 6.03 Å². The summed E-state index contributed by atoms with van der Waals surface area (Å²) >= 11 is 0. The zero-order valence-electron chi connectivity index (χ0n) is 15.9. The van der Waals surface area contributed by atoms with Crippen LogP contribution >= 0.6 is 0 Å². The van der Waals surface area contributed by atoms with E-state index < -0.39 is 6.04 Å². The second-order valence-corrected chi connectivity index (χ2v) is 7.32. The highest BCUT2D eigenvalue weighted by atomic mass is 16.5. The molecule has 0 bridgehead atoms. The molecule has 1 atom stereocenters. The van der Waals surface area contributed by atoms with E-state index in [0.29, 0.717) is 24.4 Å². The molecule has 0 unspecified atom stereocenters. The van der Waals surface area contributed by atoms with Gasteiger partial charge in [-0.05, 0) is 32.0 Å². The summed E-state index contributed by atoms with van der Waals surface area (Å²) in [5.41, 5.74) is 2.26. The number of hydrogen-bond donors (Lipinski definition) is 1. The number of amides is 3. The van der Waals surface area contributed by atoms with Crippen LogP contribution in [0.2, 0.25) is 0 Å². The van der Waals surface area contributed by atoms with Crippen molar-refractivity contribution in [1.29, 1.82) is 0 Å². The maximum Gasteiger partial charge on any atom is 0.322 e. The van der Waals surface area contributed by atoms with Crippen molar-refractivity contribution in [3.63, 3.8) is 0 Å². The van der Waals surface area contributed by atoms with E-state index in [-0.39, 0.29) is 11.9 Å². The van der Waals surface area contributed by atoms with Crippen molar-refractivity contribution in [3.05, 3.63) is 41.1 Å². The third-order valence-corrected chi connectivity index (χ3v) is 5.77. The molecule has 0 aliphatic carbocycles. The molecule has 0 aromatic heterocycles. The molecule has 27 heavy (non-hydrogen) atoms. The first kappa shape index (κ1) is 17.9. The largest absolute Gasteiger partial charge is 0.496 e. The maximum atomic E-state index is 13.2. The molecule has 3 amide bonds. The lowest BCUT2D eigenvalue weighted by molar-refractivity contribution is -0.126. The number of carbonyl (C=O) groups excluding carboxylic acids is 2. The first-order chi connectivity index (χ1) is 13.1. The predicted octanol–water partition coefficient (Wildman–Crippen LogP) is 1.58. The van der Waals surface area contributed by atoms with Gasteiger partial charge in [0.05, 0.1) is 31.0 Å². The Morgan fingerprint density at radius 2 is 1.89 bits per heavy atom. The van der Waals surface area contributed by atoms with Gasteiger partial charge in [0.2, 0.25) is 0 Å². The van der Waals surface area contributed by atoms with Gasteiger partial charge in [-0.3, -0.25) is 9.69 Å². The van der Waals surface area contributed by atoms with Gasteiger partial charge in [0.25, 0.3) is 5.91 Å². The summed E-state index contributed by atoms with van der Waals surface area (Å²) in [6, 6.07) is 6.85. The smallest absolute Gasteiger partial charge is 0.322 e. The van der Waals surface area contributed by atoms with Crippen LogP contribution in [0.3, 0.4) is 0 Å². The number of likely N-dealkylation sites (tertiary alicyclic amines) is 1. The molecule has 1 aromatic rings. The highest BCUT2D eigenvalue weighted by Crippen LogP contribution is 2.38. The van der Waals surface area contributed by atoms with Crippen molar-refractivity contribution in [2.75, 3.05) is 46.9 Å². The van der Waals surface area contributed by atoms with Gasteiger partial charge in [-0.1, -0.05) is 18.2 Å². The van der Waals surface area contributed by atoms with Crippen molar-refractivity contribution in [3.8, 4) is 5.75 Å². The van der Waals surface area contributed by atoms with Crippen molar-refractivity contribution in [1.82, 2.24) is 20.0 Å². The lowest BCUT2D eigenvalue weighted by Crippen LogP contribution is -2.45. The van der Waals surface area contributed by atoms with E-state index in [1.54, 1.807) is 19.1 Å². The minimum atomic E-state index is -0.482. The summed E-state index contributed by atoms with van der Waals surface area (Å²) < 4.78 is 5.47. The number of benzene rings is 1. The molecule has 0 saturated carbocycles.